The minimum Gasteiger partial charge on any atom is -0.508 e. The number of nitrogens with zero attached hydrogens (tertiary/aromatic N) is 5. The third-order valence-electron chi connectivity index (χ3n) is 11.2. The summed E-state index contributed by atoms with van der Waals surface area (Å²) < 4.78 is 44.0. The number of benzene rings is 2. The second-order valence-corrected chi connectivity index (χ2v) is 14.2. The first-order valence-corrected chi connectivity index (χ1v) is 16.6. The van der Waals surface area contributed by atoms with Gasteiger partial charge >= 0.3 is 6.01 Å². The molecule has 5 aliphatic heterocycles. The molecule has 5 aliphatic rings. The van der Waals surface area contributed by atoms with Gasteiger partial charge in [0.15, 0.2) is 5.82 Å². The number of hydrogen-bond donors (Lipinski definition) is 2. The number of phenolic OH excluding ortho intramolecular Hbond substituents is 1. The Morgan fingerprint density at radius 1 is 1.13 bits per heavy atom. The van der Waals surface area contributed by atoms with Gasteiger partial charge in [0, 0.05) is 48.9 Å². The Hall–Kier alpha value is -3.67. The van der Waals surface area contributed by atoms with E-state index in [1.54, 1.807) is 18.3 Å². The highest BCUT2D eigenvalue weighted by molar-refractivity contribution is 6.01. The van der Waals surface area contributed by atoms with Crippen molar-refractivity contribution in [3.05, 3.63) is 47.7 Å². The molecule has 11 heteroatoms. The fourth-order valence-corrected chi connectivity index (χ4v) is 9.11. The lowest BCUT2D eigenvalue weighted by Gasteiger charge is -2.39. The molecular weight excluding hydrogens is 590 g/mol. The zero-order valence-electron chi connectivity index (χ0n) is 26.0. The van der Waals surface area contributed by atoms with Crippen LogP contribution in [0, 0.1) is 17.0 Å². The first-order chi connectivity index (χ1) is 22.3. The van der Waals surface area contributed by atoms with Crippen LogP contribution in [-0.2, 0) is 11.2 Å². The van der Waals surface area contributed by atoms with Crippen molar-refractivity contribution in [3.8, 4) is 23.0 Å². The summed E-state index contributed by atoms with van der Waals surface area (Å²) in [6, 6.07) is 6.85. The first-order valence-electron chi connectivity index (χ1n) is 16.6. The third-order valence-corrected chi connectivity index (χ3v) is 11.2. The van der Waals surface area contributed by atoms with Crippen LogP contribution >= 0.6 is 0 Å². The smallest absolute Gasteiger partial charge is 0.319 e. The van der Waals surface area contributed by atoms with E-state index in [9.17, 15) is 9.50 Å². The van der Waals surface area contributed by atoms with Gasteiger partial charge in [0.2, 0.25) is 0 Å². The highest BCUT2D eigenvalue weighted by Gasteiger charge is 2.58. The number of pyridine rings is 1. The largest absolute Gasteiger partial charge is 0.508 e. The van der Waals surface area contributed by atoms with Crippen molar-refractivity contribution in [2.75, 3.05) is 50.9 Å². The van der Waals surface area contributed by atoms with Crippen LogP contribution in [0.2, 0.25) is 0 Å². The molecule has 0 aliphatic carbocycles. The summed E-state index contributed by atoms with van der Waals surface area (Å²) in [7, 11) is 0. The molecule has 1 unspecified atom stereocenters. The van der Waals surface area contributed by atoms with Crippen LogP contribution < -0.4 is 15.0 Å². The monoisotopic (exact) mass is 628 g/mol. The summed E-state index contributed by atoms with van der Waals surface area (Å²) in [6.45, 7) is 7.44. The summed E-state index contributed by atoms with van der Waals surface area (Å²) in [5.41, 5.74) is 0.995. The molecule has 5 fully saturated rings. The van der Waals surface area contributed by atoms with Gasteiger partial charge < -0.3 is 24.8 Å². The molecule has 2 bridgehead atoms. The van der Waals surface area contributed by atoms with E-state index >= 15 is 4.39 Å². The minimum absolute atomic E-state index is 0.00737. The van der Waals surface area contributed by atoms with Gasteiger partial charge in [0.05, 0.1) is 24.1 Å². The zero-order valence-corrected chi connectivity index (χ0v) is 26.0. The van der Waals surface area contributed by atoms with E-state index < -0.39 is 5.82 Å². The summed E-state index contributed by atoms with van der Waals surface area (Å²) >= 11 is 0. The molecule has 1 spiro atoms. The van der Waals surface area contributed by atoms with Gasteiger partial charge in [-0.2, -0.15) is 9.97 Å². The number of nitrogens with one attached hydrogen (secondary N) is 1. The topological polar surface area (TPSA) is 95.9 Å². The average molecular weight is 629 g/mol. The second-order valence-electron chi connectivity index (χ2n) is 14.2. The minimum atomic E-state index is -0.644. The van der Waals surface area contributed by atoms with E-state index in [1.165, 1.54) is 12.1 Å². The highest BCUT2D eigenvalue weighted by atomic mass is 19.1. The number of rotatable bonds is 6. The quantitative estimate of drug-likeness (QED) is 0.307. The van der Waals surface area contributed by atoms with Crippen molar-refractivity contribution >= 4 is 27.5 Å². The second kappa shape index (κ2) is 10.4. The number of hydrogen-bond acceptors (Lipinski definition) is 9. The van der Waals surface area contributed by atoms with Crippen LogP contribution in [0.25, 0.3) is 32.9 Å². The summed E-state index contributed by atoms with van der Waals surface area (Å²) in [4.78, 5) is 19.0. The van der Waals surface area contributed by atoms with Crippen LogP contribution in [0.3, 0.4) is 0 Å². The van der Waals surface area contributed by atoms with Crippen LogP contribution in [-0.4, -0.2) is 88.6 Å². The van der Waals surface area contributed by atoms with Gasteiger partial charge in [-0.3, -0.25) is 9.88 Å². The molecule has 2 aromatic carbocycles. The van der Waals surface area contributed by atoms with Crippen molar-refractivity contribution in [2.24, 2.45) is 5.41 Å². The third kappa shape index (κ3) is 4.38. The Bertz CT molecular complexity index is 1870. The zero-order chi connectivity index (χ0) is 31.2. The van der Waals surface area contributed by atoms with E-state index in [2.05, 4.69) is 20.1 Å². The fraction of sp³-hybridized carbons (Fsp3) is 0.514. The van der Waals surface area contributed by atoms with Gasteiger partial charge in [-0.15, -0.1) is 0 Å². The average Bonchev–Trinajstić information content (AvgIpc) is 3.69. The summed E-state index contributed by atoms with van der Waals surface area (Å²) in [6.07, 6.45) is 7.38. The molecule has 0 radical (unpaired) electrons. The Morgan fingerprint density at radius 3 is 2.72 bits per heavy atom. The maximum atomic E-state index is 16.9. The number of piperazine rings is 1. The Balaban J connectivity index is 1.17. The number of aryl methyl sites for hydroxylation is 1. The predicted octanol–water partition coefficient (Wildman–Crippen LogP) is 4.97. The molecule has 9 nitrogen and oxygen atoms in total. The van der Waals surface area contributed by atoms with Gasteiger partial charge in [-0.1, -0.05) is 13.0 Å². The Labute approximate surface area is 265 Å². The number of halogens is 2. The van der Waals surface area contributed by atoms with Gasteiger partial charge in [-0.25, -0.2) is 8.78 Å². The van der Waals surface area contributed by atoms with Crippen molar-refractivity contribution in [3.63, 3.8) is 0 Å². The standard InChI is InChI=1S/C35H38F2N6O3/c1-2-24-27(36)7-4-20-10-23(44)11-25(28(20)24)30-29(37)31-26(12-38-30)32(42-13-21-5-6-22(14-42)39-21)41-33(40-31)46-19-35-8-3-9-43(35)16-34(15-35)17-45-18-34/h4,7,10-12,21-22,39,44H,2-3,5-6,8-9,13-19H2,1H3/t21-,22+,35?. The number of phenols is 1. The molecule has 2 N–H and O–H groups in total. The van der Waals surface area contributed by atoms with Crippen molar-refractivity contribution in [1.29, 1.82) is 0 Å². The lowest BCUT2D eigenvalue weighted by molar-refractivity contribution is -0.107. The van der Waals surface area contributed by atoms with E-state index in [1.807, 2.05) is 6.92 Å². The van der Waals surface area contributed by atoms with Gasteiger partial charge in [0.1, 0.15) is 35.2 Å². The van der Waals surface area contributed by atoms with Gasteiger partial charge in [-0.05, 0) is 79.6 Å². The van der Waals surface area contributed by atoms with Crippen molar-refractivity contribution in [2.45, 2.75) is 63.1 Å². The molecular formula is C35H38F2N6O3. The molecule has 240 valence electrons. The number of ether oxygens (including phenoxy) is 2. The van der Waals surface area contributed by atoms with E-state index in [0.29, 0.717) is 58.2 Å². The molecule has 2 aromatic heterocycles. The van der Waals surface area contributed by atoms with E-state index in [-0.39, 0.29) is 39.7 Å². The van der Waals surface area contributed by atoms with Crippen molar-refractivity contribution < 1.29 is 23.4 Å². The molecule has 7 heterocycles. The number of fused-ring (bicyclic) bond motifs is 5. The van der Waals surface area contributed by atoms with Crippen LogP contribution in [0.4, 0.5) is 14.6 Å². The maximum Gasteiger partial charge on any atom is 0.319 e. The van der Waals surface area contributed by atoms with Crippen LogP contribution in [0.15, 0.2) is 30.5 Å². The molecule has 0 saturated carbocycles. The van der Waals surface area contributed by atoms with Crippen molar-refractivity contribution in [1.82, 2.24) is 25.2 Å². The molecule has 3 atom stereocenters. The number of anilines is 1. The lowest BCUT2D eigenvalue weighted by atomic mass is 9.78. The SMILES string of the molecule is CCc1c(F)ccc2cc(O)cc(-c3ncc4c(N5C[C@H]6CC[C@@H](C5)N6)nc(OCC56CCCN5CC5(COC5)C6)nc4c3F)c12. The van der Waals surface area contributed by atoms with Crippen LogP contribution in [0.1, 0.15) is 44.6 Å². The fourth-order valence-electron chi connectivity index (χ4n) is 9.11. The number of aromatic nitrogens is 3. The van der Waals surface area contributed by atoms with Gasteiger partial charge in [0.25, 0.3) is 0 Å². The predicted molar refractivity (Wildman–Crippen MR) is 170 cm³/mol. The molecule has 4 aromatic rings. The van der Waals surface area contributed by atoms with E-state index in [0.717, 1.165) is 71.5 Å². The molecule has 5 saturated heterocycles. The summed E-state index contributed by atoms with van der Waals surface area (Å²) in [5, 5.41) is 15.9. The number of aromatic hydroxyl groups is 1. The van der Waals surface area contributed by atoms with Crippen LogP contribution in [0.5, 0.6) is 11.8 Å². The highest BCUT2D eigenvalue weighted by Crippen LogP contribution is 2.51. The van der Waals surface area contributed by atoms with E-state index in [4.69, 9.17) is 19.4 Å². The molecule has 9 rings (SSSR count). The lowest BCUT2D eigenvalue weighted by Crippen LogP contribution is -2.51. The normalized spacial score (nSPS) is 26.7. The maximum absolute atomic E-state index is 16.9. The Kier molecular flexibility index (Phi) is 6.46. The molecule has 46 heavy (non-hydrogen) atoms. The molecule has 0 amide bonds. The Morgan fingerprint density at radius 2 is 1.96 bits per heavy atom. The first kappa shape index (κ1) is 28.5. The summed E-state index contributed by atoms with van der Waals surface area (Å²) in [5.74, 6) is -0.449.